The molecule has 0 saturated carbocycles. The van der Waals surface area contributed by atoms with Gasteiger partial charge in [0, 0.05) is 43.8 Å². The van der Waals surface area contributed by atoms with E-state index in [2.05, 4.69) is 15.9 Å². The Labute approximate surface area is 156 Å². The van der Waals surface area contributed by atoms with Gasteiger partial charge in [-0.15, -0.1) is 11.6 Å². The Morgan fingerprint density at radius 2 is 1.76 bits per heavy atom. The summed E-state index contributed by atoms with van der Waals surface area (Å²) in [5.74, 6) is 0.441. The van der Waals surface area contributed by atoms with Crippen molar-refractivity contribution >= 4 is 23.2 Å². The Hall–Kier alpha value is -1.53. The second kappa shape index (κ2) is 8.23. The van der Waals surface area contributed by atoms with Gasteiger partial charge >= 0.3 is 0 Å². The van der Waals surface area contributed by atoms with Gasteiger partial charge in [-0.3, -0.25) is 14.6 Å². The molecule has 1 aliphatic rings. The average Bonchev–Trinajstić information content (AvgIpc) is 2.60. The molecule has 0 aliphatic carbocycles. The lowest BCUT2D eigenvalue weighted by molar-refractivity contribution is 0.113. The van der Waals surface area contributed by atoms with Gasteiger partial charge in [-0.2, -0.15) is 0 Å². The van der Waals surface area contributed by atoms with Gasteiger partial charge in [-0.25, -0.2) is 0 Å². The molecule has 1 aromatic heterocycles. The smallest absolute Gasteiger partial charge is 0.227 e. The Morgan fingerprint density at radius 1 is 1.08 bits per heavy atom. The molecule has 25 heavy (non-hydrogen) atoms. The second-order valence-corrected chi connectivity index (χ2v) is 6.87. The summed E-state index contributed by atoms with van der Waals surface area (Å²) in [7, 11) is 0. The van der Waals surface area contributed by atoms with E-state index in [4.69, 9.17) is 27.6 Å². The SMILES string of the molecule is O=c1cc(CCl)oc(CN2CCN(Cc3cccc(Cl)c3)CC2)c1O. The van der Waals surface area contributed by atoms with Crippen LogP contribution in [-0.4, -0.2) is 41.1 Å². The molecule has 1 aromatic carbocycles. The van der Waals surface area contributed by atoms with Gasteiger partial charge in [0.15, 0.2) is 5.76 Å². The van der Waals surface area contributed by atoms with Gasteiger partial charge in [0.05, 0.1) is 12.4 Å². The first-order chi connectivity index (χ1) is 12.0. The van der Waals surface area contributed by atoms with Crippen molar-refractivity contribution < 1.29 is 9.52 Å². The van der Waals surface area contributed by atoms with Crippen LogP contribution in [0.25, 0.3) is 0 Å². The summed E-state index contributed by atoms with van der Waals surface area (Å²) in [6.07, 6.45) is 0. The van der Waals surface area contributed by atoms with E-state index < -0.39 is 5.43 Å². The van der Waals surface area contributed by atoms with Crippen LogP contribution in [0.2, 0.25) is 5.02 Å². The van der Waals surface area contributed by atoms with Gasteiger partial charge in [0.1, 0.15) is 5.76 Å². The third kappa shape index (κ3) is 4.76. The first kappa shape index (κ1) is 18.3. The highest BCUT2D eigenvalue weighted by atomic mass is 35.5. The van der Waals surface area contributed by atoms with Crippen molar-refractivity contribution in [3.05, 3.63) is 62.7 Å². The molecule has 1 saturated heterocycles. The first-order valence-electron chi connectivity index (χ1n) is 8.15. The van der Waals surface area contributed by atoms with Crippen LogP contribution in [-0.2, 0) is 19.0 Å². The highest BCUT2D eigenvalue weighted by Gasteiger charge is 2.20. The fourth-order valence-corrected chi connectivity index (χ4v) is 3.31. The lowest BCUT2D eigenvalue weighted by Crippen LogP contribution is -2.45. The molecule has 0 spiro atoms. The van der Waals surface area contributed by atoms with Gasteiger partial charge in [0.2, 0.25) is 11.2 Å². The van der Waals surface area contributed by atoms with Gasteiger partial charge in [0.25, 0.3) is 0 Å². The van der Waals surface area contributed by atoms with Crippen molar-refractivity contribution in [3.63, 3.8) is 0 Å². The van der Waals surface area contributed by atoms with Crippen LogP contribution in [0.15, 0.2) is 39.5 Å². The molecule has 5 nitrogen and oxygen atoms in total. The summed E-state index contributed by atoms with van der Waals surface area (Å²) in [5.41, 5.74) is 0.746. The van der Waals surface area contributed by atoms with Crippen LogP contribution < -0.4 is 5.43 Å². The Balaban J connectivity index is 1.58. The third-order valence-corrected chi connectivity index (χ3v) is 4.80. The van der Waals surface area contributed by atoms with Crippen molar-refractivity contribution in [1.82, 2.24) is 9.80 Å². The van der Waals surface area contributed by atoms with Crippen molar-refractivity contribution in [2.45, 2.75) is 19.0 Å². The van der Waals surface area contributed by atoms with Crippen LogP contribution in [0, 0.1) is 0 Å². The Kier molecular flexibility index (Phi) is 6.02. The second-order valence-electron chi connectivity index (χ2n) is 6.16. The highest BCUT2D eigenvalue weighted by molar-refractivity contribution is 6.30. The van der Waals surface area contributed by atoms with Crippen molar-refractivity contribution in [1.29, 1.82) is 0 Å². The minimum atomic E-state index is -0.448. The molecule has 0 bridgehead atoms. The highest BCUT2D eigenvalue weighted by Crippen LogP contribution is 2.19. The maximum absolute atomic E-state index is 11.7. The molecule has 3 rings (SSSR count). The van der Waals surface area contributed by atoms with Crippen LogP contribution >= 0.6 is 23.2 Å². The van der Waals surface area contributed by atoms with E-state index in [0.717, 1.165) is 37.7 Å². The molecule has 1 aliphatic heterocycles. The number of rotatable bonds is 5. The maximum Gasteiger partial charge on any atom is 0.227 e. The molecule has 0 atom stereocenters. The lowest BCUT2D eigenvalue weighted by Gasteiger charge is -2.34. The number of benzene rings is 1. The van der Waals surface area contributed by atoms with E-state index in [1.54, 1.807) is 0 Å². The normalized spacial score (nSPS) is 16.2. The van der Waals surface area contributed by atoms with E-state index >= 15 is 0 Å². The lowest BCUT2D eigenvalue weighted by atomic mass is 10.2. The molecule has 0 radical (unpaired) electrons. The number of piperazine rings is 1. The summed E-state index contributed by atoms with van der Waals surface area (Å²) in [4.78, 5) is 16.2. The quantitative estimate of drug-likeness (QED) is 0.805. The molecule has 0 unspecified atom stereocenters. The molecule has 1 fully saturated rings. The molecular formula is C18H20Cl2N2O3. The fraction of sp³-hybridized carbons (Fsp3) is 0.389. The predicted octanol–water partition coefficient (Wildman–Crippen LogP) is 3.06. The van der Waals surface area contributed by atoms with Crippen LogP contribution in [0.5, 0.6) is 5.75 Å². The Bertz CT molecular complexity index is 786. The number of halogens is 2. The van der Waals surface area contributed by atoms with Crippen molar-refractivity contribution in [2.24, 2.45) is 0 Å². The zero-order chi connectivity index (χ0) is 17.8. The fourth-order valence-electron chi connectivity index (χ4n) is 2.96. The number of hydrogen-bond donors (Lipinski definition) is 1. The van der Waals surface area contributed by atoms with E-state index in [1.807, 2.05) is 18.2 Å². The van der Waals surface area contributed by atoms with Crippen LogP contribution in [0.4, 0.5) is 0 Å². The average molecular weight is 383 g/mol. The summed E-state index contributed by atoms with van der Waals surface area (Å²) in [5, 5.41) is 10.7. The first-order valence-corrected chi connectivity index (χ1v) is 9.06. The zero-order valence-electron chi connectivity index (χ0n) is 13.8. The predicted molar refractivity (Wildman–Crippen MR) is 98.2 cm³/mol. The van der Waals surface area contributed by atoms with E-state index in [9.17, 15) is 9.90 Å². The largest absolute Gasteiger partial charge is 0.502 e. The van der Waals surface area contributed by atoms with E-state index in [0.29, 0.717) is 12.3 Å². The summed E-state index contributed by atoms with van der Waals surface area (Å²) in [6.45, 7) is 4.70. The molecule has 1 N–H and O–H groups in total. The van der Waals surface area contributed by atoms with Crippen molar-refractivity contribution in [3.8, 4) is 5.75 Å². The van der Waals surface area contributed by atoms with Crippen LogP contribution in [0.3, 0.4) is 0 Å². The number of nitrogens with zero attached hydrogens (tertiary/aromatic N) is 2. The standard InChI is InChI=1S/C18H20Cl2N2O3/c19-10-15-9-16(23)18(24)17(25-15)12-22-6-4-21(5-7-22)11-13-2-1-3-14(20)8-13/h1-3,8-9,24H,4-7,10-12H2. The minimum Gasteiger partial charge on any atom is -0.502 e. The molecular weight excluding hydrogens is 363 g/mol. The molecule has 7 heteroatoms. The van der Waals surface area contributed by atoms with Crippen LogP contribution in [0.1, 0.15) is 17.1 Å². The van der Waals surface area contributed by atoms with Gasteiger partial charge in [-0.05, 0) is 17.7 Å². The van der Waals surface area contributed by atoms with Gasteiger partial charge < -0.3 is 9.52 Å². The molecule has 2 aromatic rings. The number of hydrogen-bond acceptors (Lipinski definition) is 5. The number of alkyl halides is 1. The monoisotopic (exact) mass is 382 g/mol. The van der Waals surface area contributed by atoms with Crippen molar-refractivity contribution in [2.75, 3.05) is 26.2 Å². The topological polar surface area (TPSA) is 56.9 Å². The Morgan fingerprint density at radius 3 is 2.40 bits per heavy atom. The number of aromatic hydroxyl groups is 1. The minimum absolute atomic E-state index is 0.107. The molecule has 2 heterocycles. The van der Waals surface area contributed by atoms with Gasteiger partial charge in [-0.1, -0.05) is 23.7 Å². The summed E-state index contributed by atoms with van der Waals surface area (Å²) in [6, 6.07) is 9.12. The summed E-state index contributed by atoms with van der Waals surface area (Å²) < 4.78 is 5.52. The maximum atomic E-state index is 11.7. The summed E-state index contributed by atoms with van der Waals surface area (Å²) >= 11 is 11.8. The van der Waals surface area contributed by atoms with E-state index in [-0.39, 0.29) is 17.4 Å². The molecule has 134 valence electrons. The van der Waals surface area contributed by atoms with E-state index in [1.165, 1.54) is 11.6 Å². The zero-order valence-corrected chi connectivity index (χ0v) is 15.3. The third-order valence-electron chi connectivity index (χ3n) is 4.30. The molecule has 0 amide bonds.